The predicted molar refractivity (Wildman–Crippen MR) is 270 cm³/mol. The molecule has 1 aromatic rings. The summed E-state index contributed by atoms with van der Waals surface area (Å²) in [5.41, 5.74) is -3.30. The Morgan fingerprint density at radius 2 is 1.42 bits per heavy atom. The largest absolute Gasteiger partial charge is 0.458 e. The van der Waals surface area contributed by atoms with Crippen LogP contribution in [0.3, 0.4) is 0 Å². The molecule has 1 aromatic carbocycles. The van der Waals surface area contributed by atoms with Crippen molar-refractivity contribution in [1.29, 1.82) is 0 Å². The second-order valence-corrected chi connectivity index (χ2v) is 22.7. The number of hydrogen-bond donors (Lipinski definition) is 7. The molecular weight excluding hydrogens is 1020 g/mol. The fourth-order valence-corrected chi connectivity index (χ4v) is 13.1. The highest BCUT2D eigenvalue weighted by Gasteiger charge is 2.62. The Labute approximate surface area is 454 Å². The standard InChI is InChI=1S/C56H80O22/c1-27(58)33-15-16-39(61)55(33,6)40(75-41(62)17-14-31-12-10-9-11-13-31)22-34-35(59)19-21-56(67)25-32(18-20-54(34,56)5)73-43-24-37(68-7)49(29(3)71-43)76-42-23-36(60)48(28(2)70-42)77-53-47(66)51(69-8)50(30(4)72-53)78-52-46(65)45(64)44(63)38(26-57)74-52/h9-14,17,19,21,28-30,32-34,36-38,40,42-53,57,60,63-67H,15-16,18,20,22-26H2,1-8H3. The maximum atomic E-state index is 14.0. The van der Waals surface area contributed by atoms with Crippen LogP contribution in [0.4, 0.5) is 0 Å². The predicted octanol–water partition coefficient (Wildman–Crippen LogP) is 1.36. The van der Waals surface area contributed by atoms with Gasteiger partial charge in [0.15, 0.2) is 30.9 Å². The van der Waals surface area contributed by atoms with Crippen molar-refractivity contribution < 1.29 is 107 Å². The summed E-state index contributed by atoms with van der Waals surface area (Å²) in [7, 11) is 2.85. The van der Waals surface area contributed by atoms with E-state index < -0.39 is 164 Å². The van der Waals surface area contributed by atoms with Gasteiger partial charge in [-0.1, -0.05) is 37.3 Å². The average molecular weight is 1110 g/mol. The molecule has 4 heterocycles. The minimum Gasteiger partial charge on any atom is -0.458 e. The molecule has 0 radical (unpaired) electrons. The van der Waals surface area contributed by atoms with Crippen molar-refractivity contribution in [3.05, 3.63) is 54.1 Å². The van der Waals surface area contributed by atoms with Crippen LogP contribution in [0.1, 0.15) is 98.5 Å². The summed E-state index contributed by atoms with van der Waals surface area (Å²) in [4.78, 5) is 54.4. The number of aliphatic hydroxyl groups is 7. The lowest BCUT2D eigenvalue weighted by molar-refractivity contribution is -0.373. The van der Waals surface area contributed by atoms with Gasteiger partial charge in [-0.25, -0.2) is 4.79 Å². The molecule has 7 N–H and O–H groups in total. The molecular formula is C56H80O22. The van der Waals surface area contributed by atoms with E-state index in [0.29, 0.717) is 19.3 Å². The first-order valence-corrected chi connectivity index (χ1v) is 27.2. The number of esters is 1. The van der Waals surface area contributed by atoms with Crippen LogP contribution in [0.25, 0.3) is 6.08 Å². The van der Waals surface area contributed by atoms with Crippen LogP contribution in [0.15, 0.2) is 48.6 Å². The van der Waals surface area contributed by atoms with E-state index in [4.69, 9.17) is 52.1 Å². The summed E-state index contributed by atoms with van der Waals surface area (Å²) in [6, 6.07) is 9.14. The van der Waals surface area contributed by atoms with Crippen LogP contribution in [-0.2, 0) is 71.3 Å². The third-order valence-corrected chi connectivity index (χ3v) is 17.9. The molecule has 0 spiro atoms. The lowest BCUT2D eigenvalue weighted by Gasteiger charge is -2.55. The minimum absolute atomic E-state index is 0.0543. The van der Waals surface area contributed by atoms with E-state index in [1.165, 1.54) is 39.4 Å². The molecule has 6 fully saturated rings. The van der Waals surface area contributed by atoms with Gasteiger partial charge in [0.2, 0.25) is 0 Å². The van der Waals surface area contributed by atoms with Gasteiger partial charge in [-0.3, -0.25) is 14.4 Å². The van der Waals surface area contributed by atoms with Gasteiger partial charge in [-0.15, -0.1) is 0 Å². The van der Waals surface area contributed by atoms with Gasteiger partial charge in [-0.2, -0.15) is 0 Å². The number of fused-ring (bicyclic) bond motifs is 1. The molecule has 25 atom stereocenters. The van der Waals surface area contributed by atoms with Crippen LogP contribution in [0, 0.1) is 22.7 Å². The first kappa shape index (κ1) is 60.6. The van der Waals surface area contributed by atoms with Gasteiger partial charge in [0.1, 0.15) is 72.6 Å². The van der Waals surface area contributed by atoms with Gasteiger partial charge >= 0.3 is 5.97 Å². The number of carbonyl (C=O) groups is 4. The van der Waals surface area contributed by atoms with Crippen molar-refractivity contribution in [3.63, 3.8) is 0 Å². The zero-order valence-corrected chi connectivity index (χ0v) is 45.5. The Hall–Kier alpha value is -3.50. The van der Waals surface area contributed by atoms with Crippen molar-refractivity contribution >= 4 is 29.4 Å². The Bertz CT molecular complexity index is 2290. The van der Waals surface area contributed by atoms with E-state index >= 15 is 0 Å². The van der Waals surface area contributed by atoms with E-state index in [9.17, 15) is 54.9 Å². The van der Waals surface area contributed by atoms with Gasteiger partial charge in [-0.05, 0) is 84.1 Å². The van der Waals surface area contributed by atoms with E-state index in [1.54, 1.807) is 33.8 Å². The third kappa shape index (κ3) is 12.2. The molecule has 2 saturated carbocycles. The fourth-order valence-electron chi connectivity index (χ4n) is 13.1. The van der Waals surface area contributed by atoms with Crippen molar-refractivity contribution in [2.24, 2.45) is 22.7 Å². The SMILES string of the molecule is COC1CC(OC2CCC3(C)C(CC(OC(=O)C=Cc4ccccc4)C4(C)C(=O)CCC4C(C)=O)C(=O)C=CC3(O)C2)OC(C)C1OC1CC(O)C(OC2OC(C)C(OC3OC(CO)C(O)C(O)C3O)C(OC)C2O)C(C)O1. The van der Waals surface area contributed by atoms with Gasteiger partial charge in [0.05, 0.1) is 54.2 Å². The smallest absolute Gasteiger partial charge is 0.331 e. The summed E-state index contributed by atoms with van der Waals surface area (Å²) in [5.74, 6) is -3.07. The molecule has 22 nitrogen and oxygen atoms in total. The normalized spacial score (nSPS) is 45.5. The molecule has 436 valence electrons. The van der Waals surface area contributed by atoms with Crippen LogP contribution < -0.4 is 0 Å². The van der Waals surface area contributed by atoms with E-state index in [2.05, 4.69) is 0 Å². The molecule has 4 saturated heterocycles. The van der Waals surface area contributed by atoms with E-state index in [1.807, 2.05) is 37.3 Å². The average Bonchev–Trinajstić information content (AvgIpc) is 3.87. The minimum atomic E-state index is -1.71. The molecule has 8 rings (SSSR count). The second-order valence-electron chi connectivity index (χ2n) is 22.7. The highest BCUT2D eigenvalue weighted by molar-refractivity contribution is 5.97. The summed E-state index contributed by atoms with van der Waals surface area (Å²) in [5, 5.41) is 76.2. The maximum Gasteiger partial charge on any atom is 0.331 e. The first-order chi connectivity index (χ1) is 37.0. The number of methoxy groups -OCH3 is 2. The number of aliphatic hydroxyl groups excluding tert-OH is 6. The first-order valence-electron chi connectivity index (χ1n) is 27.2. The fraction of sp³-hybridized carbons (Fsp3) is 0.750. The molecule has 22 heteroatoms. The molecule has 78 heavy (non-hydrogen) atoms. The monoisotopic (exact) mass is 1100 g/mol. The molecule has 25 unspecified atom stereocenters. The quantitative estimate of drug-likeness (QED) is 0.0806. The van der Waals surface area contributed by atoms with E-state index in [0.717, 1.165) is 5.56 Å². The van der Waals surface area contributed by atoms with Crippen molar-refractivity contribution in [3.8, 4) is 0 Å². The number of rotatable bonds is 18. The second kappa shape index (κ2) is 24.9. The molecule has 7 aliphatic rings. The van der Waals surface area contributed by atoms with E-state index in [-0.39, 0.29) is 49.5 Å². The lowest BCUT2D eigenvalue weighted by atomic mass is 9.52. The topological polar surface area (TPSA) is 311 Å². The number of allylic oxidation sites excluding steroid dienone is 1. The zero-order chi connectivity index (χ0) is 56.6. The van der Waals surface area contributed by atoms with Gasteiger partial charge < -0.3 is 87.9 Å². The molecule has 0 amide bonds. The zero-order valence-electron chi connectivity index (χ0n) is 45.5. The number of Topliss-reactive ketones (excluding diaryl/α,β-unsaturated/α-hetero) is 2. The van der Waals surface area contributed by atoms with Crippen LogP contribution >= 0.6 is 0 Å². The van der Waals surface area contributed by atoms with Crippen molar-refractivity contribution in [1.82, 2.24) is 0 Å². The summed E-state index contributed by atoms with van der Waals surface area (Å²) in [6.45, 7) is 9.30. The van der Waals surface area contributed by atoms with Crippen molar-refractivity contribution in [2.75, 3.05) is 20.8 Å². The Balaban J connectivity index is 0.866. The Morgan fingerprint density at radius 3 is 2.08 bits per heavy atom. The molecule has 0 aromatic heterocycles. The highest BCUT2D eigenvalue weighted by Crippen LogP contribution is 2.57. The van der Waals surface area contributed by atoms with Crippen LogP contribution in [0.5, 0.6) is 0 Å². The maximum absolute atomic E-state index is 14.0. The molecule has 3 aliphatic carbocycles. The van der Waals surface area contributed by atoms with Crippen molar-refractivity contribution in [2.45, 2.75) is 221 Å². The Kier molecular flexibility index (Phi) is 19.4. The number of carbonyl (C=O) groups excluding carboxylic acids is 4. The summed E-state index contributed by atoms with van der Waals surface area (Å²) < 4.78 is 66.9. The summed E-state index contributed by atoms with van der Waals surface area (Å²) in [6.07, 6.45) is -15.0. The summed E-state index contributed by atoms with van der Waals surface area (Å²) >= 11 is 0. The van der Waals surface area contributed by atoms with Crippen LogP contribution in [-0.4, -0.2) is 208 Å². The number of ether oxygens (including phenoxy) is 11. The number of benzene rings is 1. The lowest BCUT2D eigenvalue weighted by Crippen LogP contribution is -2.65. The van der Waals surface area contributed by atoms with Gasteiger partial charge in [0, 0.05) is 63.2 Å². The van der Waals surface area contributed by atoms with Gasteiger partial charge in [0.25, 0.3) is 0 Å². The Morgan fingerprint density at radius 1 is 0.769 bits per heavy atom. The number of hydrogen-bond acceptors (Lipinski definition) is 22. The third-order valence-electron chi connectivity index (χ3n) is 17.9. The number of ketones is 3. The van der Waals surface area contributed by atoms with Crippen LogP contribution in [0.2, 0.25) is 0 Å². The molecule has 4 aliphatic heterocycles. The molecule has 0 bridgehead atoms. The highest BCUT2D eigenvalue weighted by atomic mass is 16.8.